The zero-order valence-electron chi connectivity index (χ0n) is 15.1. The van der Waals surface area contributed by atoms with Gasteiger partial charge in [0.05, 0.1) is 0 Å². The minimum absolute atomic E-state index is 0.608. The summed E-state index contributed by atoms with van der Waals surface area (Å²) in [6.07, 6.45) is 13.4. The summed E-state index contributed by atoms with van der Waals surface area (Å²) in [7, 11) is 0. The van der Waals surface area contributed by atoms with Crippen molar-refractivity contribution in [1.82, 2.24) is 0 Å². The van der Waals surface area contributed by atoms with Crippen LogP contribution in [0.5, 0.6) is 0 Å². The van der Waals surface area contributed by atoms with E-state index in [1.807, 2.05) is 26.0 Å². The summed E-state index contributed by atoms with van der Waals surface area (Å²) in [5.74, 6) is 1.64. The first kappa shape index (κ1) is 21.5. The van der Waals surface area contributed by atoms with Gasteiger partial charge in [-0.15, -0.1) is 0 Å². The topological polar surface area (TPSA) is 0 Å². The van der Waals surface area contributed by atoms with Crippen LogP contribution in [0.3, 0.4) is 0 Å². The maximum Gasteiger partial charge on any atom is -0.0219 e. The average Bonchev–Trinajstić information content (AvgIpc) is 2.42. The predicted octanol–water partition coefficient (Wildman–Crippen LogP) is 7.33. The number of allylic oxidation sites excluding steroid dienone is 5. The van der Waals surface area contributed by atoms with Gasteiger partial charge in [0.15, 0.2) is 0 Å². The van der Waals surface area contributed by atoms with Crippen LogP contribution in [0, 0.1) is 11.8 Å². The van der Waals surface area contributed by atoms with E-state index in [1.54, 1.807) is 0 Å². The first-order valence-electron chi connectivity index (χ1n) is 8.45. The molecular weight excluding hydrogens is 240 g/mol. The van der Waals surface area contributed by atoms with E-state index in [1.165, 1.54) is 43.3 Å². The van der Waals surface area contributed by atoms with Crippen LogP contribution in [0.1, 0.15) is 80.6 Å². The highest BCUT2D eigenvalue weighted by Gasteiger charge is 2.05. The van der Waals surface area contributed by atoms with E-state index < -0.39 is 0 Å². The Hall–Kier alpha value is -0.780. The predicted molar refractivity (Wildman–Crippen MR) is 96.1 cm³/mol. The Morgan fingerprint density at radius 1 is 1.05 bits per heavy atom. The second-order valence-corrected chi connectivity index (χ2v) is 5.95. The molecule has 0 atom stereocenters. The highest BCUT2D eigenvalue weighted by Crippen LogP contribution is 2.22. The number of hydrogen-bond donors (Lipinski definition) is 0. The van der Waals surface area contributed by atoms with Crippen molar-refractivity contribution < 1.29 is 0 Å². The first-order valence-corrected chi connectivity index (χ1v) is 8.45. The fraction of sp³-hybridized carbons (Fsp3) is 0.700. The summed E-state index contributed by atoms with van der Waals surface area (Å²) in [5.41, 5.74) is 2.79. The Morgan fingerprint density at radius 3 is 1.80 bits per heavy atom. The molecule has 0 saturated heterocycles. The van der Waals surface area contributed by atoms with Crippen LogP contribution < -0.4 is 0 Å². The molecule has 0 aromatic rings. The van der Waals surface area contributed by atoms with E-state index in [9.17, 15) is 0 Å². The third-order valence-electron chi connectivity index (χ3n) is 3.51. The third kappa shape index (κ3) is 12.3. The summed E-state index contributed by atoms with van der Waals surface area (Å²) >= 11 is 0. The van der Waals surface area contributed by atoms with Crippen molar-refractivity contribution >= 4 is 0 Å². The first-order chi connectivity index (χ1) is 9.49. The van der Waals surface area contributed by atoms with Crippen LogP contribution >= 0.6 is 0 Å². The van der Waals surface area contributed by atoms with Crippen molar-refractivity contribution in [2.24, 2.45) is 11.8 Å². The second kappa shape index (κ2) is 14.6. The molecule has 1 aliphatic rings. The van der Waals surface area contributed by atoms with Gasteiger partial charge in [0.2, 0.25) is 0 Å². The Kier molecular flexibility index (Phi) is 15.7. The van der Waals surface area contributed by atoms with Gasteiger partial charge in [0, 0.05) is 0 Å². The Morgan fingerprint density at radius 2 is 1.55 bits per heavy atom. The maximum atomic E-state index is 3.64. The normalized spacial score (nSPS) is 15.0. The summed E-state index contributed by atoms with van der Waals surface area (Å²) in [4.78, 5) is 0. The quantitative estimate of drug-likeness (QED) is 0.474. The van der Waals surface area contributed by atoms with E-state index in [-0.39, 0.29) is 0 Å². The molecule has 1 aliphatic carbocycles. The molecule has 1 fully saturated rings. The van der Waals surface area contributed by atoms with Crippen molar-refractivity contribution in [3.05, 3.63) is 36.0 Å². The highest BCUT2D eigenvalue weighted by molar-refractivity contribution is 5.27. The van der Waals surface area contributed by atoms with Crippen LogP contribution in [-0.2, 0) is 0 Å². The summed E-state index contributed by atoms with van der Waals surface area (Å²) in [5, 5.41) is 0. The van der Waals surface area contributed by atoms with E-state index in [0.717, 1.165) is 5.92 Å². The lowest BCUT2D eigenvalue weighted by Crippen LogP contribution is -1.99. The Bertz CT molecular complexity index is 268. The van der Waals surface area contributed by atoms with Crippen LogP contribution in [0.15, 0.2) is 36.0 Å². The van der Waals surface area contributed by atoms with Crippen LogP contribution in [0.4, 0.5) is 0 Å². The molecule has 0 bridgehead atoms. The lowest BCUT2D eigenvalue weighted by Gasteiger charge is -2.15. The second-order valence-electron chi connectivity index (χ2n) is 5.95. The maximum absolute atomic E-state index is 3.64. The van der Waals surface area contributed by atoms with E-state index in [0.29, 0.717) is 5.92 Å². The molecule has 1 saturated carbocycles. The SMILES string of the molecule is C=C/C=C\C(=C(C)C)C(C)C.CC.CC1CCCCC1. The van der Waals surface area contributed by atoms with Crippen LogP contribution in [0.2, 0.25) is 0 Å². The van der Waals surface area contributed by atoms with Gasteiger partial charge in [0.1, 0.15) is 0 Å². The van der Waals surface area contributed by atoms with Crippen molar-refractivity contribution in [1.29, 1.82) is 0 Å². The van der Waals surface area contributed by atoms with Gasteiger partial charge < -0.3 is 0 Å². The largest absolute Gasteiger partial charge is 0.0991 e. The number of rotatable bonds is 3. The smallest absolute Gasteiger partial charge is 0.0219 e. The fourth-order valence-corrected chi connectivity index (χ4v) is 2.41. The minimum atomic E-state index is 0.608. The molecule has 20 heavy (non-hydrogen) atoms. The van der Waals surface area contributed by atoms with Gasteiger partial charge in [-0.3, -0.25) is 0 Å². The van der Waals surface area contributed by atoms with Gasteiger partial charge in [-0.2, -0.15) is 0 Å². The Labute approximate surface area is 129 Å². The molecule has 0 nitrogen and oxygen atoms in total. The molecule has 0 unspecified atom stereocenters. The highest BCUT2D eigenvalue weighted by atomic mass is 14.1. The molecular formula is C20H38. The van der Waals surface area contributed by atoms with E-state index in [2.05, 4.69) is 47.3 Å². The molecule has 0 N–H and O–H groups in total. The van der Waals surface area contributed by atoms with E-state index in [4.69, 9.17) is 0 Å². The zero-order chi connectivity index (χ0) is 16.0. The fourth-order valence-electron chi connectivity index (χ4n) is 2.41. The van der Waals surface area contributed by atoms with Crippen molar-refractivity contribution in [2.75, 3.05) is 0 Å². The van der Waals surface area contributed by atoms with Gasteiger partial charge >= 0.3 is 0 Å². The Balaban J connectivity index is 0. The lowest BCUT2D eigenvalue weighted by atomic mass is 9.91. The summed E-state index contributed by atoms with van der Waals surface area (Å²) in [6, 6.07) is 0. The lowest BCUT2D eigenvalue weighted by molar-refractivity contribution is 0.385. The minimum Gasteiger partial charge on any atom is -0.0991 e. The molecule has 0 aromatic heterocycles. The summed E-state index contributed by atoms with van der Waals surface area (Å²) < 4.78 is 0. The third-order valence-corrected chi connectivity index (χ3v) is 3.51. The van der Waals surface area contributed by atoms with Gasteiger partial charge in [-0.1, -0.05) is 97.1 Å². The molecule has 118 valence electrons. The van der Waals surface area contributed by atoms with Gasteiger partial charge in [-0.05, 0) is 31.3 Å². The molecule has 0 aliphatic heterocycles. The average molecular weight is 279 g/mol. The van der Waals surface area contributed by atoms with Crippen LogP contribution in [-0.4, -0.2) is 0 Å². The monoisotopic (exact) mass is 278 g/mol. The molecule has 0 aromatic carbocycles. The standard InChI is InChI=1S/C11H18.C7H14.C2H6/c1-6-7-8-11(9(2)3)10(4)5;1-7-5-3-2-4-6-7;1-2/h6-9H,1H2,2-5H3;7H,2-6H2,1H3;1-2H3/b8-7-;;. The molecule has 1 rings (SSSR count). The molecule has 0 heteroatoms. The van der Waals surface area contributed by atoms with Crippen molar-refractivity contribution in [3.63, 3.8) is 0 Å². The zero-order valence-corrected chi connectivity index (χ0v) is 15.1. The summed E-state index contributed by atoms with van der Waals surface area (Å²) in [6.45, 7) is 18.7. The molecule has 0 heterocycles. The molecule has 0 spiro atoms. The van der Waals surface area contributed by atoms with Gasteiger partial charge in [-0.25, -0.2) is 0 Å². The number of hydrogen-bond acceptors (Lipinski definition) is 0. The van der Waals surface area contributed by atoms with Crippen molar-refractivity contribution in [2.45, 2.75) is 80.6 Å². The van der Waals surface area contributed by atoms with Crippen molar-refractivity contribution in [3.8, 4) is 0 Å². The van der Waals surface area contributed by atoms with Crippen LogP contribution in [0.25, 0.3) is 0 Å². The molecule has 0 radical (unpaired) electrons. The molecule has 0 amide bonds. The van der Waals surface area contributed by atoms with Gasteiger partial charge in [0.25, 0.3) is 0 Å². The van der Waals surface area contributed by atoms with E-state index >= 15 is 0 Å².